The molecule has 0 radical (unpaired) electrons. The van der Waals surface area contributed by atoms with Crippen LogP contribution in [-0.2, 0) is 6.42 Å². The maximum Gasteiger partial charge on any atom is 0.177 e. The number of phenolic OH excluding ortho intramolecular Hbond substituents is 3. The average Bonchev–Trinajstić information content (AvgIpc) is 2.51. The number of ether oxygens (including phenoxy) is 2. The van der Waals surface area contributed by atoms with Gasteiger partial charge in [-0.1, -0.05) is 6.07 Å². The highest BCUT2D eigenvalue weighted by molar-refractivity contribution is 6.04. The zero-order valence-electron chi connectivity index (χ0n) is 12.4. The van der Waals surface area contributed by atoms with Crippen LogP contribution in [0.3, 0.4) is 0 Å². The number of ketones is 1. The second-order valence-corrected chi connectivity index (χ2v) is 5.42. The summed E-state index contributed by atoms with van der Waals surface area (Å²) in [6.45, 7) is 0.151. The lowest BCUT2D eigenvalue weighted by atomic mass is 9.89. The Bertz CT molecular complexity index is 768. The number of hydrogen-bond donors (Lipinski definition) is 3. The Morgan fingerprint density at radius 3 is 2.70 bits per heavy atom. The largest absolute Gasteiger partial charge is 0.508 e. The molecule has 120 valence electrons. The number of methoxy groups -OCH3 is 1. The Kier molecular flexibility index (Phi) is 3.73. The van der Waals surface area contributed by atoms with E-state index in [9.17, 15) is 20.1 Å². The van der Waals surface area contributed by atoms with Gasteiger partial charge in [0.1, 0.15) is 22.8 Å². The van der Waals surface area contributed by atoms with E-state index >= 15 is 0 Å². The lowest BCUT2D eigenvalue weighted by Crippen LogP contribution is -2.29. The molecule has 1 atom stereocenters. The standard InChI is InChI=1S/C17H16O6/c1-22-14-5-9(2-3-12(14)19)4-10-8-23-15-7-11(18)6-13(20)16(15)17(10)21/h2-3,5-7,10,18-20H,4,8H2,1H3. The summed E-state index contributed by atoms with van der Waals surface area (Å²) in [6, 6.07) is 7.30. The highest BCUT2D eigenvalue weighted by Gasteiger charge is 2.32. The molecule has 23 heavy (non-hydrogen) atoms. The summed E-state index contributed by atoms with van der Waals surface area (Å²) in [5, 5.41) is 29.0. The van der Waals surface area contributed by atoms with Crippen molar-refractivity contribution in [3.8, 4) is 28.7 Å². The third-order valence-electron chi connectivity index (χ3n) is 3.85. The van der Waals surface area contributed by atoms with Crippen LogP contribution in [0, 0.1) is 5.92 Å². The summed E-state index contributed by atoms with van der Waals surface area (Å²) < 4.78 is 10.6. The summed E-state index contributed by atoms with van der Waals surface area (Å²) in [6.07, 6.45) is 0.384. The number of rotatable bonds is 3. The van der Waals surface area contributed by atoms with Crippen LogP contribution >= 0.6 is 0 Å². The number of Topliss-reactive ketones (excluding diaryl/α,β-unsaturated/α-hetero) is 1. The number of benzene rings is 2. The van der Waals surface area contributed by atoms with Crippen molar-refractivity contribution < 1.29 is 29.6 Å². The fourth-order valence-electron chi connectivity index (χ4n) is 2.70. The fraction of sp³-hybridized carbons (Fsp3) is 0.235. The molecule has 0 fully saturated rings. The molecule has 1 unspecified atom stereocenters. The lowest BCUT2D eigenvalue weighted by Gasteiger charge is -2.25. The highest BCUT2D eigenvalue weighted by Crippen LogP contribution is 2.38. The van der Waals surface area contributed by atoms with Gasteiger partial charge in [-0.25, -0.2) is 0 Å². The molecule has 2 aromatic rings. The van der Waals surface area contributed by atoms with E-state index in [-0.39, 0.29) is 41.0 Å². The predicted molar refractivity (Wildman–Crippen MR) is 81.4 cm³/mol. The highest BCUT2D eigenvalue weighted by atomic mass is 16.5. The molecule has 0 spiro atoms. The molecule has 3 rings (SSSR count). The third-order valence-corrected chi connectivity index (χ3v) is 3.85. The van der Waals surface area contributed by atoms with Crippen molar-refractivity contribution in [3.63, 3.8) is 0 Å². The smallest absolute Gasteiger partial charge is 0.177 e. The maximum atomic E-state index is 12.6. The van der Waals surface area contributed by atoms with E-state index in [4.69, 9.17) is 9.47 Å². The number of carbonyl (C=O) groups excluding carboxylic acids is 1. The van der Waals surface area contributed by atoms with Crippen LogP contribution in [0.2, 0.25) is 0 Å². The van der Waals surface area contributed by atoms with Crippen LogP contribution in [-0.4, -0.2) is 34.8 Å². The molecule has 6 heteroatoms. The van der Waals surface area contributed by atoms with Crippen LogP contribution < -0.4 is 9.47 Å². The van der Waals surface area contributed by atoms with Gasteiger partial charge < -0.3 is 24.8 Å². The minimum absolute atomic E-state index is 0.0286. The Morgan fingerprint density at radius 2 is 1.96 bits per heavy atom. The Labute approximate surface area is 132 Å². The van der Waals surface area contributed by atoms with Crippen LogP contribution in [0.4, 0.5) is 0 Å². The van der Waals surface area contributed by atoms with Gasteiger partial charge in [-0.3, -0.25) is 4.79 Å². The van der Waals surface area contributed by atoms with E-state index in [0.717, 1.165) is 11.6 Å². The number of aromatic hydroxyl groups is 3. The molecule has 0 saturated carbocycles. The van der Waals surface area contributed by atoms with E-state index in [2.05, 4.69) is 0 Å². The first-order valence-electron chi connectivity index (χ1n) is 7.08. The van der Waals surface area contributed by atoms with Gasteiger partial charge in [0, 0.05) is 12.1 Å². The summed E-state index contributed by atoms with van der Waals surface area (Å²) in [5.41, 5.74) is 0.896. The molecular weight excluding hydrogens is 300 g/mol. The number of phenols is 3. The predicted octanol–water partition coefficient (Wildman–Crippen LogP) is 2.25. The molecule has 3 N–H and O–H groups in total. The van der Waals surface area contributed by atoms with E-state index in [1.165, 1.54) is 19.2 Å². The molecule has 6 nitrogen and oxygen atoms in total. The van der Waals surface area contributed by atoms with Crippen molar-refractivity contribution in [1.82, 2.24) is 0 Å². The fourth-order valence-corrected chi connectivity index (χ4v) is 2.70. The molecule has 0 amide bonds. The summed E-state index contributed by atoms with van der Waals surface area (Å²) >= 11 is 0. The zero-order chi connectivity index (χ0) is 16.6. The van der Waals surface area contributed by atoms with Gasteiger partial charge in [-0.05, 0) is 24.1 Å². The first-order valence-corrected chi connectivity index (χ1v) is 7.08. The van der Waals surface area contributed by atoms with Gasteiger partial charge >= 0.3 is 0 Å². The summed E-state index contributed by atoms with van der Waals surface area (Å²) in [5.74, 6) is -0.607. The van der Waals surface area contributed by atoms with Gasteiger partial charge in [0.2, 0.25) is 0 Å². The number of fused-ring (bicyclic) bond motifs is 1. The van der Waals surface area contributed by atoms with E-state index in [1.54, 1.807) is 12.1 Å². The molecule has 2 aromatic carbocycles. The molecule has 1 aliphatic rings. The SMILES string of the molecule is COc1cc(CC2COc3cc(O)cc(O)c3C2=O)ccc1O. The topological polar surface area (TPSA) is 96.2 Å². The second kappa shape index (κ2) is 5.72. The van der Waals surface area contributed by atoms with Gasteiger partial charge in [0.25, 0.3) is 0 Å². The van der Waals surface area contributed by atoms with Crippen LogP contribution in [0.5, 0.6) is 28.7 Å². The first kappa shape index (κ1) is 15.0. The van der Waals surface area contributed by atoms with Crippen LogP contribution in [0.15, 0.2) is 30.3 Å². The molecule has 1 heterocycles. The Hall–Kier alpha value is -2.89. The van der Waals surface area contributed by atoms with Crippen molar-refractivity contribution >= 4 is 5.78 Å². The summed E-state index contributed by atoms with van der Waals surface area (Å²) in [7, 11) is 1.45. The van der Waals surface area contributed by atoms with Gasteiger partial charge in [-0.15, -0.1) is 0 Å². The molecule has 0 aromatic heterocycles. The lowest BCUT2D eigenvalue weighted by molar-refractivity contribution is 0.0826. The first-order chi connectivity index (χ1) is 11.0. The van der Waals surface area contributed by atoms with Gasteiger partial charge in [0.05, 0.1) is 19.6 Å². The van der Waals surface area contributed by atoms with Crippen LogP contribution in [0.25, 0.3) is 0 Å². The molecule has 0 bridgehead atoms. The van der Waals surface area contributed by atoms with Crippen molar-refractivity contribution in [3.05, 3.63) is 41.5 Å². The molecule has 0 saturated heterocycles. The third kappa shape index (κ3) is 2.75. The Balaban J connectivity index is 1.87. The normalized spacial score (nSPS) is 16.6. The number of carbonyl (C=O) groups is 1. The summed E-state index contributed by atoms with van der Waals surface area (Å²) in [4.78, 5) is 12.6. The minimum Gasteiger partial charge on any atom is -0.508 e. The average molecular weight is 316 g/mol. The number of hydrogen-bond acceptors (Lipinski definition) is 6. The molecule has 0 aliphatic carbocycles. The molecule has 1 aliphatic heterocycles. The Morgan fingerprint density at radius 1 is 1.17 bits per heavy atom. The second-order valence-electron chi connectivity index (χ2n) is 5.42. The zero-order valence-corrected chi connectivity index (χ0v) is 12.4. The monoisotopic (exact) mass is 316 g/mol. The maximum absolute atomic E-state index is 12.6. The van der Waals surface area contributed by atoms with Crippen molar-refractivity contribution in [2.75, 3.05) is 13.7 Å². The van der Waals surface area contributed by atoms with Gasteiger partial charge in [-0.2, -0.15) is 0 Å². The van der Waals surface area contributed by atoms with Gasteiger partial charge in [0.15, 0.2) is 17.3 Å². The van der Waals surface area contributed by atoms with Crippen molar-refractivity contribution in [2.45, 2.75) is 6.42 Å². The van der Waals surface area contributed by atoms with E-state index in [1.807, 2.05) is 0 Å². The van der Waals surface area contributed by atoms with Crippen molar-refractivity contribution in [2.24, 2.45) is 5.92 Å². The minimum atomic E-state index is -0.466. The van der Waals surface area contributed by atoms with Crippen molar-refractivity contribution in [1.29, 1.82) is 0 Å². The quantitative estimate of drug-likeness (QED) is 0.803. The van der Waals surface area contributed by atoms with Crippen LogP contribution in [0.1, 0.15) is 15.9 Å². The van der Waals surface area contributed by atoms with E-state index < -0.39 is 5.92 Å². The molecular formula is C17H16O6. The van der Waals surface area contributed by atoms with E-state index in [0.29, 0.717) is 12.2 Å².